The first-order chi connectivity index (χ1) is 8.47. The van der Waals surface area contributed by atoms with E-state index >= 15 is 0 Å². The molecule has 0 fully saturated rings. The minimum absolute atomic E-state index is 0.211. The van der Waals surface area contributed by atoms with Crippen molar-refractivity contribution < 1.29 is 24.1 Å². The largest absolute Gasteiger partial charge is 0.493 e. The fourth-order valence-corrected chi connectivity index (χ4v) is 1.53. The molecule has 0 aliphatic rings. The lowest BCUT2D eigenvalue weighted by atomic mass is 9.96. The Morgan fingerprint density at radius 2 is 1.89 bits per heavy atom. The third kappa shape index (κ3) is 2.73. The van der Waals surface area contributed by atoms with Gasteiger partial charge >= 0.3 is 5.97 Å². The number of methoxy groups -OCH3 is 2. The molecule has 0 heterocycles. The van der Waals surface area contributed by atoms with Crippen molar-refractivity contribution >= 4 is 5.97 Å². The highest BCUT2D eigenvalue weighted by atomic mass is 16.5. The van der Waals surface area contributed by atoms with Crippen molar-refractivity contribution in [1.82, 2.24) is 0 Å². The van der Waals surface area contributed by atoms with Gasteiger partial charge in [0.15, 0.2) is 17.1 Å². The molecule has 1 rings (SSSR count). The van der Waals surface area contributed by atoms with Crippen LogP contribution in [0.25, 0.3) is 0 Å². The van der Waals surface area contributed by atoms with Crippen LogP contribution in [0, 0.1) is 0 Å². The van der Waals surface area contributed by atoms with Crippen molar-refractivity contribution in [3.05, 3.63) is 23.8 Å². The van der Waals surface area contributed by atoms with E-state index in [0.29, 0.717) is 17.1 Å². The number of rotatable bonds is 5. The molecule has 0 amide bonds. The first kappa shape index (κ1) is 14.3. The van der Waals surface area contributed by atoms with E-state index in [9.17, 15) is 9.90 Å². The first-order valence-electron chi connectivity index (χ1n) is 5.59. The molecule has 100 valence electrons. The van der Waals surface area contributed by atoms with Crippen LogP contribution in [0.3, 0.4) is 0 Å². The summed E-state index contributed by atoms with van der Waals surface area (Å²) in [5.41, 5.74) is -1.33. The fraction of sp³-hybridized carbons (Fsp3) is 0.462. The predicted octanol–water partition coefficient (Wildman–Crippen LogP) is 1.47. The van der Waals surface area contributed by atoms with Gasteiger partial charge in [0.2, 0.25) is 0 Å². The monoisotopic (exact) mass is 254 g/mol. The van der Waals surface area contributed by atoms with Crippen LogP contribution >= 0.6 is 0 Å². The molecule has 0 saturated heterocycles. The second-order valence-corrected chi connectivity index (χ2v) is 3.86. The highest BCUT2D eigenvalue weighted by molar-refractivity contribution is 5.80. The standard InChI is InChI=1S/C13H18O5/c1-5-18-12(14)13(2,15)9-6-7-10(16-3)11(8-9)17-4/h6-8,15H,5H2,1-4H3. The zero-order valence-corrected chi connectivity index (χ0v) is 11.0. The summed E-state index contributed by atoms with van der Waals surface area (Å²) in [5, 5.41) is 10.2. The van der Waals surface area contributed by atoms with Gasteiger partial charge in [-0.05, 0) is 31.5 Å². The maximum atomic E-state index is 11.7. The molecule has 1 unspecified atom stereocenters. The Kier molecular flexibility index (Phi) is 4.55. The summed E-state index contributed by atoms with van der Waals surface area (Å²) >= 11 is 0. The average molecular weight is 254 g/mol. The van der Waals surface area contributed by atoms with Crippen LogP contribution in [-0.2, 0) is 15.1 Å². The smallest absolute Gasteiger partial charge is 0.342 e. The second-order valence-electron chi connectivity index (χ2n) is 3.86. The summed E-state index contributed by atoms with van der Waals surface area (Å²) in [6.07, 6.45) is 0. The number of hydrogen-bond acceptors (Lipinski definition) is 5. The Morgan fingerprint density at radius 3 is 2.39 bits per heavy atom. The molecule has 18 heavy (non-hydrogen) atoms. The zero-order valence-electron chi connectivity index (χ0n) is 11.0. The SMILES string of the molecule is CCOC(=O)C(C)(O)c1ccc(OC)c(OC)c1. The van der Waals surface area contributed by atoms with Crippen molar-refractivity contribution in [3.63, 3.8) is 0 Å². The highest BCUT2D eigenvalue weighted by Crippen LogP contribution is 2.32. The fourth-order valence-electron chi connectivity index (χ4n) is 1.53. The van der Waals surface area contributed by atoms with Crippen molar-refractivity contribution in [2.75, 3.05) is 20.8 Å². The van der Waals surface area contributed by atoms with E-state index in [-0.39, 0.29) is 6.61 Å². The molecule has 0 spiro atoms. The van der Waals surface area contributed by atoms with Gasteiger partial charge in [-0.15, -0.1) is 0 Å². The number of benzene rings is 1. The Labute approximate surface area is 106 Å². The molecule has 1 aromatic rings. The summed E-state index contributed by atoms with van der Waals surface area (Å²) in [7, 11) is 3.00. The summed E-state index contributed by atoms with van der Waals surface area (Å²) in [4.78, 5) is 11.7. The van der Waals surface area contributed by atoms with Gasteiger partial charge < -0.3 is 19.3 Å². The Bertz CT molecular complexity index is 425. The summed E-state index contributed by atoms with van der Waals surface area (Å²) in [6.45, 7) is 3.27. The Morgan fingerprint density at radius 1 is 1.28 bits per heavy atom. The van der Waals surface area contributed by atoms with Crippen molar-refractivity contribution in [2.45, 2.75) is 19.4 Å². The minimum Gasteiger partial charge on any atom is -0.493 e. The van der Waals surface area contributed by atoms with Gasteiger partial charge in [0, 0.05) is 0 Å². The molecule has 5 nitrogen and oxygen atoms in total. The molecular formula is C13H18O5. The average Bonchev–Trinajstić information content (AvgIpc) is 2.38. The maximum Gasteiger partial charge on any atom is 0.342 e. The third-order valence-corrected chi connectivity index (χ3v) is 2.62. The normalized spacial score (nSPS) is 13.6. The van der Waals surface area contributed by atoms with E-state index in [0.717, 1.165) is 0 Å². The summed E-state index contributed by atoms with van der Waals surface area (Å²) < 4.78 is 15.0. The van der Waals surface area contributed by atoms with E-state index in [4.69, 9.17) is 14.2 Å². The topological polar surface area (TPSA) is 65.0 Å². The van der Waals surface area contributed by atoms with Crippen molar-refractivity contribution in [3.8, 4) is 11.5 Å². The first-order valence-corrected chi connectivity index (χ1v) is 5.59. The van der Waals surface area contributed by atoms with Gasteiger partial charge in [-0.1, -0.05) is 6.07 Å². The van der Waals surface area contributed by atoms with Crippen LogP contribution in [0.15, 0.2) is 18.2 Å². The zero-order chi connectivity index (χ0) is 13.8. The Hall–Kier alpha value is -1.75. The summed E-state index contributed by atoms with van der Waals surface area (Å²) in [6, 6.07) is 4.77. The predicted molar refractivity (Wildman–Crippen MR) is 65.7 cm³/mol. The molecular weight excluding hydrogens is 236 g/mol. The molecule has 5 heteroatoms. The van der Waals surface area contributed by atoms with Crippen LogP contribution in [0.4, 0.5) is 0 Å². The maximum absolute atomic E-state index is 11.7. The van der Waals surface area contributed by atoms with Gasteiger partial charge in [0.25, 0.3) is 0 Å². The second kappa shape index (κ2) is 5.73. The van der Waals surface area contributed by atoms with Gasteiger partial charge in [0.1, 0.15) is 0 Å². The van der Waals surface area contributed by atoms with Crippen molar-refractivity contribution in [2.24, 2.45) is 0 Å². The molecule has 0 aliphatic carbocycles. The number of esters is 1. The third-order valence-electron chi connectivity index (χ3n) is 2.62. The lowest BCUT2D eigenvalue weighted by Crippen LogP contribution is -2.34. The Balaban J connectivity index is 3.12. The quantitative estimate of drug-likeness (QED) is 0.806. The molecule has 1 atom stereocenters. The van der Waals surface area contributed by atoms with E-state index in [1.807, 2.05) is 0 Å². The molecule has 0 bridgehead atoms. The molecule has 0 aliphatic heterocycles. The van der Waals surface area contributed by atoms with E-state index in [2.05, 4.69) is 0 Å². The molecule has 0 saturated carbocycles. The molecule has 0 aromatic heterocycles. The number of carbonyl (C=O) groups is 1. The van der Waals surface area contributed by atoms with Crippen LogP contribution in [0.2, 0.25) is 0 Å². The number of ether oxygens (including phenoxy) is 3. The minimum atomic E-state index is -1.71. The van der Waals surface area contributed by atoms with Crippen LogP contribution in [0.5, 0.6) is 11.5 Å². The van der Waals surface area contributed by atoms with Gasteiger partial charge in [0.05, 0.1) is 20.8 Å². The number of aliphatic hydroxyl groups is 1. The number of hydrogen-bond donors (Lipinski definition) is 1. The van der Waals surface area contributed by atoms with E-state index in [1.54, 1.807) is 25.1 Å². The highest BCUT2D eigenvalue weighted by Gasteiger charge is 2.34. The lowest BCUT2D eigenvalue weighted by Gasteiger charge is -2.22. The molecule has 1 N–H and O–H groups in total. The molecule has 1 aromatic carbocycles. The van der Waals surface area contributed by atoms with Crippen LogP contribution in [0.1, 0.15) is 19.4 Å². The lowest BCUT2D eigenvalue weighted by molar-refractivity contribution is -0.164. The number of carbonyl (C=O) groups excluding carboxylic acids is 1. The van der Waals surface area contributed by atoms with Gasteiger partial charge in [-0.3, -0.25) is 0 Å². The van der Waals surface area contributed by atoms with E-state index < -0.39 is 11.6 Å². The van der Waals surface area contributed by atoms with Crippen LogP contribution < -0.4 is 9.47 Å². The van der Waals surface area contributed by atoms with Crippen LogP contribution in [-0.4, -0.2) is 31.9 Å². The summed E-state index contributed by atoms with van der Waals surface area (Å²) in [5.74, 6) is 0.276. The van der Waals surface area contributed by atoms with E-state index in [1.165, 1.54) is 21.1 Å². The van der Waals surface area contributed by atoms with Gasteiger partial charge in [-0.2, -0.15) is 0 Å². The van der Waals surface area contributed by atoms with Gasteiger partial charge in [-0.25, -0.2) is 4.79 Å². The molecule has 0 radical (unpaired) electrons. The van der Waals surface area contributed by atoms with Crippen molar-refractivity contribution in [1.29, 1.82) is 0 Å².